The van der Waals surface area contributed by atoms with Crippen LogP contribution in [0, 0.1) is 4.91 Å². The monoisotopic (exact) mass is 166 g/mol. The molecular weight excluding hydrogens is 156 g/mol. The van der Waals surface area contributed by atoms with E-state index in [1.54, 1.807) is 10.9 Å². The normalized spacial score (nSPS) is 22.8. The van der Waals surface area contributed by atoms with Crippen molar-refractivity contribution in [2.75, 3.05) is 13.1 Å². The number of nitroso groups, excluding NO2 is 1. The lowest BCUT2D eigenvalue weighted by Gasteiger charge is -2.06. The van der Waals surface area contributed by atoms with Crippen LogP contribution >= 0.6 is 0 Å². The minimum atomic E-state index is 0.389. The molecule has 1 unspecified atom stereocenters. The van der Waals surface area contributed by atoms with E-state index >= 15 is 0 Å². The maximum atomic E-state index is 10.1. The van der Waals surface area contributed by atoms with Crippen LogP contribution in [-0.4, -0.2) is 22.9 Å². The molecule has 12 heavy (non-hydrogen) atoms. The molecule has 1 atom stereocenters. The molecule has 5 nitrogen and oxygen atoms in total. The average Bonchev–Trinajstić information content (AvgIpc) is 2.75. The van der Waals surface area contributed by atoms with Crippen LogP contribution in [0.25, 0.3) is 0 Å². The lowest BCUT2D eigenvalue weighted by molar-refractivity contribution is 0.491. The van der Waals surface area contributed by atoms with Crippen molar-refractivity contribution in [3.05, 3.63) is 17.3 Å². The van der Waals surface area contributed by atoms with Gasteiger partial charge in [-0.15, -0.1) is 4.91 Å². The van der Waals surface area contributed by atoms with Crippen molar-refractivity contribution in [3.63, 3.8) is 0 Å². The topological polar surface area (TPSA) is 59.3 Å². The predicted molar refractivity (Wildman–Crippen MR) is 44.2 cm³/mol. The van der Waals surface area contributed by atoms with Crippen molar-refractivity contribution in [1.29, 1.82) is 0 Å². The van der Waals surface area contributed by atoms with E-state index in [0.29, 0.717) is 11.7 Å². The minimum absolute atomic E-state index is 0.389. The Hall–Kier alpha value is -1.23. The Balaban J connectivity index is 2.16. The highest BCUT2D eigenvalue weighted by atomic mass is 16.3. The maximum Gasteiger partial charge on any atom is 0.145 e. The fourth-order valence-corrected chi connectivity index (χ4v) is 1.44. The summed E-state index contributed by atoms with van der Waals surface area (Å²) < 4.78 is 1.80. The largest absolute Gasteiger partial charge is 0.315 e. The zero-order chi connectivity index (χ0) is 8.39. The number of rotatable bonds is 2. The van der Waals surface area contributed by atoms with Gasteiger partial charge in [0.05, 0.1) is 18.4 Å². The molecule has 0 saturated carbocycles. The molecule has 1 aliphatic heterocycles. The molecule has 5 heteroatoms. The molecule has 2 heterocycles. The number of hydrogen-bond acceptors (Lipinski definition) is 4. The highest BCUT2D eigenvalue weighted by molar-refractivity contribution is 5.29. The van der Waals surface area contributed by atoms with Gasteiger partial charge in [0, 0.05) is 6.54 Å². The Labute approximate surface area is 69.7 Å². The zero-order valence-corrected chi connectivity index (χ0v) is 6.60. The molecule has 1 N–H and O–H groups in total. The van der Waals surface area contributed by atoms with Crippen LogP contribution in [0.3, 0.4) is 0 Å². The van der Waals surface area contributed by atoms with Crippen LogP contribution in [0.5, 0.6) is 0 Å². The average molecular weight is 166 g/mol. The molecule has 0 aromatic carbocycles. The van der Waals surface area contributed by atoms with Crippen LogP contribution < -0.4 is 5.32 Å². The van der Waals surface area contributed by atoms with E-state index in [9.17, 15) is 4.91 Å². The van der Waals surface area contributed by atoms with Gasteiger partial charge in [0.1, 0.15) is 5.69 Å². The first-order valence-corrected chi connectivity index (χ1v) is 3.98. The highest BCUT2D eigenvalue weighted by Gasteiger charge is 2.16. The second-order valence-corrected chi connectivity index (χ2v) is 2.92. The standard InChI is InChI=1S/C7H10N4O/c12-10-6-3-9-11(5-6)7-1-2-8-4-7/h3,5,7-8H,1-2,4H2. The number of nitrogens with zero attached hydrogens (tertiary/aromatic N) is 3. The summed E-state index contributed by atoms with van der Waals surface area (Å²) in [5.41, 5.74) is 0.405. The van der Waals surface area contributed by atoms with Gasteiger partial charge in [0.2, 0.25) is 0 Å². The number of hydrogen-bond donors (Lipinski definition) is 1. The van der Waals surface area contributed by atoms with E-state index in [0.717, 1.165) is 19.5 Å². The lowest BCUT2D eigenvalue weighted by atomic mass is 10.3. The van der Waals surface area contributed by atoms with E-state index in [-0.39, 0.29) is 0 Å². The summed E-state index contributed by atoms with van der Waals surface area (Å²) in [6.45, 7) is 1.95. The Morgan fingerprint density at radius 1 is 1.75 bits per heavy atom. The van der Waals surface area contributed by atoms with Gasteiger partial charge in [-0.05, 0) is 18.1 Å². The quantitative estimate of drug-likeness (QED) is 0.661. The fourth-order valence-electron chi connectivity index (χ4n) is 1.44. The summed E-state index contributed by atoms with van der Waals surface area (Å²) in [5, 5.41) is 10.1. The van der Waals surface area contributed by atoms with Crippen molar-refractivity contribution in [2.45, 2.75) is 12.5 Å². The van der Waals surface area contributed by atoms with Gasteiger partial charge in [-0.2, -0.15) is 5.10 Å². The van der Waals surface area contributed by atoms with Crippen LogP contribution in [0.15, 0.2) is 17.6 Å². The molecule has 1 saturated heterocycles. The molecule has 1 aromatic rings. The molecule has 0 bridgehead atoms. The van der Waals surface area contributed by atoms with Crippen LogP contribution in [-0.2, 0) is 0 Å². The Morgan fingerprint density at radius 3 is 3.25 bits per heavy atom. The second-order valence-electron chi connectivity index (χ2n) is 2.92. The van der Waals surface area contributed by atoms with Crippen molar-refractivity contribution in [3.8, 4) is 0 Å². The number of aromatic nitrogens is 2. The van der Waals surface area contributed by atoms with E-state index in [2.05, 4.69) is 15.6 Å². The van der Waals surface area contributed by atoms with Gasteiger partial charge in [-0.25, -0.2) is 0 Å². The van der Waals surface area contributed by atoms with Gasteiger partial charge in [-0.3, -0.25) is 4.68 Å². The Bertz CT molecular complexity index is 277. The maximum absolute atomic E-state index is 10.1. The summed E-state index contributed by atoms with van der Waals surface area (Å²) in [6, 6.07) is 0.389. The first kappa shape index (κ1) is 7.42. The van der Waals surface area contributed by atoms with Gasteiger partial charge in [-0.1, -0.05) is 0 Å². The molecule has 0 amide bonds. The van der Waals surface area contributed by atoms with Gasteiger partial charge in [0.25, 0.3) is 0 Å². The number of nitrogens with one attached hydrogen (secondary N) is 1. The van der Waals surface area contributed by atoms with Crippen molar-refractivity contribution < 1.29 is 0 Å². The SMILES string of the molecule is O=Nc1cnn(C2CCNC2)c1. The molecular formula is C7H10N4O. The minimum Gasteiger partial charge on any atom is -0.315 e. The molecule has 1 aromatic heterocycles. The molecule has 1 fully saturated rings. The third kappa shape index (κ3) is 1.23. The molecule has 0 radical (unpaired) electrons. The van der Waals surface area contributed by atoms with Gasteiger partial charge >= 0.3 is 0 Å². The molecule has 64 valence electrons. The van der Waals surface area contributed by atoms with Gasteiger partial charge < -0.3 is 5.32 Å². The Kier molecular flexibility index (Phi) is 1.87. The van der Waals surface area contributed by atoms with Crippen molar-refractivity contribution in [1.82, 2.24) is 15.1 Å². The summed E-state index contributed by atoms with van der Waals surface area (Å²) in [7, 11) is 0. The second kappa shape index (κ2) is 3.02. The highest BCUT2D eigenvalue weighted by Crippen LogP contribution is 2.17. The predicted octanol–water partition coefficient (Wildman–Crippen LogP) is 0.815. The van der Waals surface area contributed by atoms with E-state index < -0.39 is 0 Å². The van der Waals surface area contributed by atoms with Crippen LogP contribution in [0.1, 0.15) is 12.5 Å². The fraction of sp³-hybridized carbons (Fsp3) is 0.571. The van der Waals surface area contributed by atoms with Crippen LogP contribution in [0.4, 0.5) is 5.69 Å². The lowest BCUT2D eigenvalue weighted by Crippen LogP contribution is -2.13. The molecule has 0 aliphatic carbocycles. The van der Waals surface area contributed by atoms with E-state index in [1.165, 1.54) is 6.20 Å². The van der Waals surface area contributed by atoms with Crippen LogP contribution in [0.2, 0.25) is 0 Å². The summed E-state index contributed by atoms with van der Waals surface area (Å²) >= 11 is 0. The van der Waals surface area contributed by atoms with Crippen molar-refractivity contribution in [2.24, 2.45) is 5.18 Å². The van der Waals surface area contributed by atoms with Crippen molar-refractivity contribution >= 4 is 5.69 Å². The third-order valence-electron chi connectivity index (χ3n) is 2.10. The summed E-state index contributed by atoms with van der Waals surface area (Å²) in [5.74, 6) is 0. The third-order valence-corrected chi connectivity index (χ3v) is 2.10. The Morgan fingerprint density at radius 2 is 2.67 bits per heavy atom. The first-order chi connectivity index (χ1) is 5.90. The zero-order valence-electron chi connectivity index (χ0n) is 6.60. The molecule has 0 spiro atoms. The smallest absolute Gasteiger partial charge is 0.145 e. The van der Waals surface area contributed by atoms with E-state index in [4.69, 9.17) is 0 Å². The first-order valence-electron chi connectivity index (χ1n) is 3.98. The summed E-state index contributed by atoms with van der Waals surface area (Å²) in [6.07, 6.45) is 4.25. The summed E-state index contributed by atoms with van der Waals surface area (Å²) in [4.78, 5) is 10.1. The molecule has 2 rings (SSSR count). The van der Waals surface area contributed by atoms with E-state index in [1.807, 2.05) is 0 Å². The molecule has 1 aliphatic rings. The van der Waals surface area contributed by atoms with Gasteiger partial charge in [0.15, 0.2) is 0 Å².